The molecule has 3 rings (SSSR count). The Kier molecular flexibility index (Phi) is 6.99. The van der Waals surface area contributed by atoms with Crippen LogP contribution in [-0.4, -0.2) is 34.9 Å². The number of carbonyl (C=O) groups is 2. The third kappa shape index (κ3) is 5.64. The molecule has 2 amide bonds. The molecule has 2 aromatic rings. The van der Waals surface area contributed by atoms with Gasteiger partial charge in [-0.25, -0.2) is 0 Å². The molecule has 1 aromatic carbocycles. The van der Waals surface area contributed by atoms with Crippen LogP contribution in [0.25, 0.3) is 0 Å². The van der Waals surface area contributed by atoms with E-state index in [0.29, 0.717) is 19.3 Å². The van der Waals surface area contributed by atoms with Gasteiger partial charge in [0, 0.05) is 24.4 Å². The summed E-state index contributed by atoms with van der Waals surface area (Å²) < 4.78 is 0. The van der Waals surface area contributed by atoms with Crippen LogP contribution in [0.1, 0.15) is 50.4 Å². The Balaban J connectivity index is 1.72. The lowest BCUT2D eigenvalue weighted by Crippen LogP contribution is -2.64. The van der Waals surface area contributed by atoms with E-state index in [1.54, 1.807) is 6.20 Å². The number of hydrogen-bond donors (Lipinski definition) is 3. The molecule has 154 valence electrons. The zero-order valence-corrected chi connectivity index (χ0v) is 17.2. The highest BCUT2D eigenvalue weighted by atomic mass is 16.2. The topological polar surface area (TPSA) is 83.1 Å². The minimum absolute atomic E-state index is 0.119. The fraction of sp³-hybridized carbons (Fsp3) is 0.435. The van der Waals surface area contributed by atoms with Crippen LogP contribution in [-0.2, 0) is 16.0 Å². The van der Waals surface area contributed by atoms with Gasteiger partial charge in [-0.3, -0.25) is 14.6 Å². The van der Waals surface area contributed by atoms with Crippen LogP contribution in [0, 0.1) is 0 Å². The number of pyridine rings is 1. The van der Waals surface area contributed by atoms with E-state index in [2.05, 4.69) is 20.9 Å². The molecule has 1 heterocycles. The normalized spacial score (nSPS) is 16.0. The maximum absolute atomic E-state index is 13.2. The molecule has 6 heteroatoms. The molecule has 29 heavy (non-hydrogen) atoms. The molecule has 1 aliphatic rings. The van der Waals surface area contributed by atoms with E-state index < -0.39 is 5.54 Å². The number of amides is 2. The van der Waals surface area contributed by atoms with Crippen molar-refractivity contribution in [2.24, 2.45) is 0 Å². The second-order valence-corrected chi connectivity index (χ2v) is 7.98. The van der Waals surface area contributed by atoms with E-state index in [9.17, 15) is 9.59 Å². The summed E-state index contributed by atoms with van der Waals surface area (Å²) in [5.41, 5.74) is 1.12. The fourth-order valence-corrected chi connectivity index (χ4v) is 3.51. The number of benzene rings is 1. The van der Waals surface area contributed by atoms with Gasteiger partial charge >= 0.3 is 0 Å². The molecule has 6 nitrogen and oxygen atoms in total. The molecule has 1 unspecified atom stereocenters. The zero-order valence-electron chi connectivity index (χ0n) is 17.2. The molecule has 1 aliphatic carbocycles. The standard InChI is InChI=1S/C23H30N4O2/c1-17(2)25-16-21(28)27-23(12-8-13-23)22(29)26-20(18-9-4-3-5-10-18)15-19-11-6-7-14-24-19/h3-7,9-11,14,17,20,25H,8,12-13,15-16H2,1-2H3,(H,26,29)(H,27,28). The van der Waals surface area contributed by atoms with Crippen molar-refractivity contribution in [3.8, 4) is 0 Å². The summed E-state index contributed by atoms with van der Waals surface area (Å²) in [6, 6.07) is 15.7. The van der Waals surface area contributed by atoms with Crippen LogP contribution in [0.4, 0.5) is 0 Å². The molecule has 0 saturated heterocycles. The summed E-state index contributed by atoms with van der Waals surface area (Å²) in [7, 11) is 0. The Morgan fingerprint density at radius 2 is 1.79 bits per heavy atom. The van der Waals surface area contributed by atoms with Gasteiger partial charge in [0.2, 0.25) is 11.8 Å². The molecule has 1 atom stereocenters. The van der Waals surface area contributed by atoms with Gasteiger partial charge in [0.15, 0.2) is 0 Å². The molecule has 1 fully saturated rings. The predicted octanol–water partition coefficient (Wildman–Crippen LogP) is 2.52. The number of nitrogens with zero attached hydrogens (tertiary/aromatic N) is 1. The van der Waals surface area contributed by atoms with Gasteiger partial charge in [-0.05, 0) is 37.0 Å². The van der Waals surface area contributed by atoms with Crippen molar-refractivity contribution < 1.29 is 9.59 Å². The van der Waals surface area contributed by atoms with Gasteiger partial charge < -0.3 is 16.0 Å². The van der Waals surface area contributed by atoms with Crippen molar-refractivity contribution in [3.05, 3.63) is 66.0 Å². The van der Waals surface area contributed by atoms with Gasteiger partial charge in [0.05, 0.1) is 12.6 Å². The Bertz CT molecular complexity index is 804. The predicted molar refractivity (Wildman–Crippen MR) is 113 cm³/mol. The third-order valence-corrected chi connectivity index (χ3v) is 5.34. The summed E-state index contributed by atoms with van der Waals surface area (Å²) in [6.07, 6.45) is 4.61. The number of nitrogens with one attached hydrogen (secondary N) is 3. The first-order chi connectivity index (χ1) is 14.0. The van der Waals surface area contributed by atoms with E-state index >= 15 is 0 Å². The molecule has 1 saturated carbocycles. The summed E-state index contributed by atoms with van der Waals surface area (Å²) in [5.74, 6) is -0.263. The Morgan fingerprint density at radius 1 is 1.07 bits per heavy atom. The van der Waals surface area contributed by atoms with Gasteiger partial charge in [0.25, 0.3) is 0 Å². The second-order valence-electron chi connectivity index (χ2n) is 7.98. The van der Waals surface area contributed by atoms with Crippen molar-refractivity contribution in [2.45, 2.75) is 57.2 Å². The van der Waals surface area contributed by atoms with E-state index in [1.807, 2.05) is 62.4 Å². The van der Waals surface area contributed by atoms with Gasteiger partial charge in [-0.1, -0.05) is 50.2 Å². The molecule has 0 bridgehead atoms. The monoisotopic (exact) mass is 394 g/mol. The molecular weight excluding hydrogens is 364 g/mol. The van der Waals surface area contributed by atoms with Gasteiger partial charge in [-0.2, -0.15) is 0 Å². The van der Waals surface area contributed by atoms with E-state index in [0.717, 1.165) is 17.7 Å². The summed E-state index contributed by atoms with van der Waals surface area (Å²) in [6.45, 7) is 4.19. The quantitative estimate of drug-likeness (QED) is 0.610. The number of rotatable bonds is 9. The summed E-state index contributed by atoms with van der Waals surface area (Å²) in [4.78, 5) is 30.0. The SMILES string of the molecule is CC(C)NCC(=O)NC1(C(=O)NC(Cc2ccccn2)c2ccccc2)CCC1. The highest BCUT2D eigenvalue weighted by Crippen LogP contribution is 2.33. The van der Waals surface area contributed by atoms with E-state index in [4.69, 9.17) is 0 Å². The first-order valence-electron chi connectivity index (χ1n) is 10.3. The lowest BCUT2D eigenvalue weighted by atomic mass is 9.75. The number of hydrogen-bond acceptors (Lipinski definition) is 4. The lowest BCUT2D eigenvalue weighted by molar-refractivity contribution is -0.137. The van der Waals surface area contributed by atoms with Gasteiger partial charge in [0.1, 0.15) is 5.54 Å². The summed E-state index contributed by atoms with van der Waals surface area (Å²) >= 11 is 0. The molecular formula is C23H30N4O2. The van der Waals surface area contributed by atoms with Crippen LogP contribution in [0.5, 0.6) is 0 Å². The van der Waals surface area contributed by atoms with E-state index in [-0.39, 0.29) is 30.4 Å². The highest BCUT2D eigenvalue weighted by Gasteiger charge is 2.45. The minimum atomic E-state index is -0.813. The number of carbonyl (C=O) groups excluding carboxylic acids is 2. The van der Waals surface area contributed by atoms with Crippen LogP contribution in [0.15, 0.2) is 54.7 Å². The third-order valence-electron chi connectivity index (χ3n) is 5.34. The molecule has 0 radical (unpaired) electrons. The minimum Gasteiger partial charge on any atom is -0.347 e. The Hall–Kier alpha value is -2.73. The summed E-state index contributed by atoms with van der Waals surface area (Å²) in [5, 5.41) is 9.26. The maximum atomic E-state index is 13.2. The highest BCUT2D eigenvalue weighted by molar-refractivity contribution is 5.93. The second kappa shape index (κ2) is 9.65. The Morgan fingerprint density at radius 3 is 2.38 bits per heavy atom. The average Bonchev–Trinajstić information content (AvgIpc) is 2.70. The maximum Gasteiger partial charge on any atom is 0.246 e. The van der Waals surface area contributed by atoms with Crippen molar-refractivity contribution >= 4 is 11.8 Å². The molecule has 3 N–H and O–H groups in total. The lowest BCUT2D eigenvalue weighted by Gasteiger charge is -2.41. The molecule has 1 aromatic heterocycles. The van der Waals surface area contributed by atoms with Crippen molar-refractivity contribution in [3.63, 3.8) is 0 Å². The Labute approximate surface area is 172 Å². The van der Waals surface area contributed by atoms with Crippen molar-refractivity contribution in [1.82, 2.24) is 20.9 Å². The first-order valence-corrected chi connectivity index (χ1v) is 10.3. The number of aromatic nitrogens is 1. The van der Waals surface area contributed by atoms with Crippen LogP contribution in [0.2, 0.25) is 0 Å². The average molecular weight is 395 g/mol. The molecule has 0 spiro atoms. The van der Waals surface area contributed by atoms with Crippen molar-refractivity contribution in [1.29, 1.82) is 0 Å². The largest absolute Gasteiger partial charge is 0.347 e. The fourth-order valence-electron chi connectivity index (χ4n) is 3.51. The van der Waals surface area contributed by atoms with Gasteiger partial charge in [-0.15, -0.1) is 0 Å². The van der Waals surface area contributed by atoms with E-state index in [1.165, 1.54) is 0 Å². The first kappa shape index (κ1) is 21.0. The van der Waals surface area contributed by atoms with Crippen LogP contribution in [0.3, 0.4) is 0 Å². The van der Waals surface area contributed by atoms with Crippen LogP contribution < -0.4 is 16.0 Å². The molecule has 0 aliphatic heterocycles. The smallest absolute Gasteiger partial charge is 0.246 e. The van der Waals surface area contributed by atoms with Crippen molar-refractivity contribution in [2.75, 3.05) is 6.54 Å². The zero-order chi connectivity index (χ0) is 20.7. The van der Waals surface area contributed by atoms with Crippen LogP contribution >= 0.6 is 0 Å².